The number of nitriles is 1. The van der Waals surface area contributed by atoms with Crippen molar-refractivity contribution in [2.75, 3.05) is 23.7 Å². The van der Waals surface area contributed by atoms with Crippen LogP contribution in [0.1, 0.15) is 25.3 Å². The van der Waals surface area contributed by atoms with Gasteiger partial charge in [0.25, 0.3) is 10.1 Å². The lowest BCUT2D eigenvalue weighted by molar-refractivity contribution is 0.481. The van der Waals surface area contributed by atoms with Crippen LogP contribution in [0.4, 0.5) is 5.69 Å². The van der Waals surface area contributed by atoms with Gasteiger partial charge in [-0.1, -0.05) is 6.92 Å². The van der Waals surface area contributed by atoms with Crippen LogP contribution in [-0.4, -0.2) is 31.8 Å². The monoisotopic (exact) mass is 282 g/mol. The molecule has 0 saturated carbocycles. The van der Waals surface area contributed by atoms with Crippen molar-refractivity contribution in [1.82, 2.24) is 0 Å². The van der Waals surface area contributed by atoms with Crippen molar-refractivity contribution in [3.63, 3.8) is 0 Å². The fourth-order valence-corrected chi connectivity index (χ4v) is 2.32. The molecule has 19 heavy (non-hydrogen) atoms. The van der Waals surface area contributed by atoms with Gasteiger partial charge in [0.15, 0.2) is 0 Å². The first-order chi connectivity index (χ1) is 8.96. The van der Waals surface area contributed by atoms with Gasteiger partial charge in [0.2, 0.25) is 0 Å². The highest BCUT2D eigenvalue weighted by molar-refractivity contribution is 7.85. The molecule has 0 aliphatic heterocycles. The molecule has 0 atom stereocenters. The lowest BCUT2D eigenvalue weighted by Crippen LogP contribution is -2.26. The van der Waals surface area contributed by atoms with Gasteiger partial charge < -0.3 is 4.90 Å². The normalized spacial score (nSPS) is 11.0. The van der Waals surface area contributed by atoms with Crippen molar-refractivity contribution in [3.8, 4) is 6.07 Å². The van der Waals surface area contributed by atoms with E-state index >= 15 is 0 Å². The molecule has 0 saturated heterocycles. The lowest BCUT2D eigenvalue weighted by atomic mass is 10.2. The maximum atomic E-state index is 10.7. The van der Waals surface area contributed by atoms with Crippen molar-refractivity contribution in [2.45, 2.75) is 19.8 Å². The van der Waals surface area contributed by atoms with Crippen LogP contribution >= 0.6 is 0 Å². The van der Waals surface area contributed by atoms with E-state index in [2.05, 4.69) is 6.07 Å². The summed E-state index contributed by atoms with van der Waals surface area (Å²) < 4.78 is 30.1. The minimum Gasteiger partial charge on any atom is -0.372 e. The fraction of sp³-hybridized carbons (Fsp3) is 0.462. The molecule has 0 heterocycles. The maximum Gasteiger partial charge on any atom is 0.264 e. The Kier molecular flexibility index (Phi) is 5.80. The molecule has 1 aromatic carbocycles. The quantitative estimate of drug-likeness (QED) is 0.774. The largest absolute Gasteiger partial charge is 0.372 e. The summed E-state index contributed by atoms with van der Waals surface area (Å²) in [6.07, 6.45) is 1.31. The predicted octanol–water partition coefficient (Wildman–Crippen LogP) is 2.05. The topological polar surface area (TPSA) is 81.4 Å². The van der Waals surface area contributed by atoms with Gasteiger partial charge in [0, 0.05) is 18.8 Å². The lowest BCUT2D eigenvalue weighted by Gasteiger charge is -2.24. The molecule has 1 N–H and O–H groups in total. The van der Waals surface area contributed by atoms with E-state index in [0.717, 1.165) is 18.7 Å². The highest BCUT2D eigenvalue weighted by atomic mass is 32.2. The van der Waals surface area contributed by atoms with Gasteiger partial charge in [-0.15, -0.1) is 0 Å². The number of benzene rings is 1. The standard InChI is InChI=1S/C13H18N2O3S/c1-2-8-15(9-3-10-19(16,17)18)13-6-4-12(11-14)5-7-13/h4-7H,2-3,8-10H2,1H3,(H,16,17,18). The Morgan fingerprint density at radius 1 is 1.26 bits per heavy atom. The van der Waals surface area contributed by atoms with Gasteiger partial charge in [-0.2, -0.15) is 13.7 Å². The van der Waals surface area contributed by atoms with Crippen molar-refractivity contribution in [3.05, 3.63) is 29.8 Å². The summed E-state index contributed by atoms with van der Waals surface area (Å²) in [5.41, 5.74) is 1.55. The first-order valence-corrected chi connectivity index (χ1v) is 7.77. The molecule has 1 rings (SSSR count). The minimum absolute atomic E-state index is 0.233. The van der Waals surface area contributed by atoms with Crippen LogP contribution in [0, 0.1) is 11.3 Å². The van der Waals surface area contributed by atoms with E-state index in [4.69, 9.17) is 9.81 Å². The molecule has 0 aliphatic carbocycles. The zero-order valence-electron chi connectivity index (χ0n) is 10.9. The molecule has 5 nitrogen and oxygen atoms in total. The smallest absolute Gasteiger partial charge is 0.264 e. The molecule has 0 fully saturated rings. The number of hydrogen-bond acceptors (Lipinski definition) is 4. The van der Waals surface area contributed by atoms with E-state index in [0.29, 0.717) is 18.5 Å². The van der Waals surface area contributed by atoms with Crippen LogP contribution in [0.5, 0.6) is 0 Å². The molecule has 0 spiro atoms. The zero-order chi connectivity index (χ0) is 14.3. The van der Waals surface area contributed by atoms with E-state index < -0.39 is 10.1 Å². The zero-order valence-corrected chi connectivity index (χ0v) is 11.7. The molecule has 0 aliphatic rings. The minimum atomic E-state index is -3.90. The van der Waals surface area contributed by atoms with E-state index in [1.54, 1.807) is 12.1 Å². The van der Waals surface area contributed by atoms with Crippen molar-refractivity contribution in [1.29, 1.82) is 5.26 Å². The summed E-state index contributed by atoms with van der Waals surface area (Å²) >= 11 is 0. The molecule has 6 heteroatoms. The maximum absolute atomic E-state index is 10.7. The Labute approximate surface area is 114 Å². The Morgan fingerprint density at radius 2 is 1.89 bits per heavy atom. The van der Waals surface area contributed by atoms with E-state index in [-0.39, 0.29) is 5.75 Å². The van der Waals surface area contributed by atoms with Gasteiger partial charge in [-0.25, -0.2) is 0 Å². The third kappa shape index (κ3) is 5.73. The third-order valence-corrected chi connectivity index (χ3v) is 3.49. The van der Waals surface area contributed by atoms with Gasteiger partial charge in [0.1, 0.15) is 0 Å². The highest BCUT2D eigenvalue weighted by Gasteiger charge is 2.09. The molecule has 0 amide bonds. The van der Waals surface area contributed by atoms with Gasteiger partial charge in [-0.05, 0) is 37.1 Å². The molecular formula is C13H18N2O3S. The summed E-state index contributed by atoms with van der Waals surface area (Å²) in [5.74, 6) is -0.233. The molecule has 0 bridgehead atoms. The average Bonchev–Trinajstić information content (AvgIpc) is 2.36. The van der Waals surface area contributed by atoms with Crippen LogP contribution in [0.25, 0.3) is 0 Å². The molecule has 104 valence electrons. The Hall–Kier alpha value is -1.58. The average molecular weight is 282 g/mol. The SMILES string of the molecule is CCCN(CCCS(=O)(=O)O)c1ccc(C#N)cc1. The summed E-state index contributed by atoms with van der Waals surface area (Å²) in [6.45, 7) is 3.40. The molecular weight excluding hydrogens is 264 g/mol. The molecule has 0 unspecified atom stereocenters. The summed E-state index contributed by atoms with van der Waals surface area (Å²) in [6, 6.07) is 9.23. The van der Waals surface area contributed by atoms with E-state index in [1.807, 2.05) is 24.0 Å². The fourth-order valence-electron chi connectivity index (χ4n) is 1.82. The molecule has 1 aromatic rings. The second kappa shape index (κ2) is 7.12. The third-order valence-electron chi connectivity index (χ3n) is 2.69. The van der Waals surface area contributed by atoms with Gasteiger partial charge in [-0.3, -0.25) is 4.55 Å². The van der Waals surface area contributed by atoms with Gasteiger partial charge in [0.05, 0.1) is 17.4 Å². The van der Waals surface area contributed by atoms with Crippen LogP contribution in [0.2, 0.25) is 0 Å². The molecule has 0 radical (unpaired) electrons. The first-order valence-electron chi connectivity index (χ1n) is 6.16. The first kappa shape index (κ1) is 15.5. The van der Waals surface area contributed by atoms with Crippen LogP contribution in [0.3, 0.4) is 0 Å². The number of rotatable bonds is 7. The van der Waals surface area contributed by atoms with Crippen molar-refractivity contribution >= 4 is 15.8 Å². The van der Waals surface area contributed by atoms with Crippen molar-refractivity contribution in [2.24, 2.45) is 0 Å². The van der Waals surface area contributed by atoms with Crippen LogP contribution in [0.15, 0.2) is 24.3 Å². The number of hydrogen-bond donors (Lipinski definition) is 1. The summed E-state index contributed by atoms with van der Waals surface area (Å²) in [7, 11) is -3.90. The molecule has 0 aromatic heterocycles. The van der Waals surface area contributed by atoms with E-state index in [9.17, 15) is 8.42 Å². The summed E-state index contributed by atoms with van der Waals surface area (Å²) in [5, 5.41) is 8.74. The highest BCUT2D eigenvalue weighted by Crippen LogP contribution is 2.16. The predicted molar refractivity (Wildman–Crippen MR) is 74.7 cm³/mol. The Morgan fingerprint density at radius 3 is 2.37 bits per heavy atom. The Balaban J connectivity index is 2.68. The van der Waals surface area contributed by atoms with Crippen LogP contribution < -0.4 is 4.90 Å². The van der Waals surface area contributed by atoms with Crippen LogP contribution in [-0.2, 0) is 10.1 Å². The Bertz CT molecular complexity index is 532. The second-order valence-electron chi connectivity index (χ2n) is 4.29. The van der Waals surface area contributed by atoms with Gasteiger partial charge >= 0.3 is 0 Å². The summed E-state index contributed by atoms with van der Waals surface area (Å²) in [4.78, 5) is 2.05. The van der Waals surface area contributed by atoms with E-state index in [1.165, 1.54) is 0 Å². The number of anilines is 1. The van der Waals surface area contributed by atoms with Crippen molar-refractivity contribution < 1.29 is 13.0 Å². The number of nitrogens with zero attached hydrogens (tertiary/aromatic N) is 2. The second-order valence-corrected chi connectivity index (χ2v) is 5.86.